The van der Waals surface area contributed by atoms with Gasteiger partial charge in [-0.15, -0.1) is 0 Å². The number of carbonyl (C=O) groups excluding carboxylic acids is 1. The van der Waals surface area contributed by atoms with E-state index in [1.807, 2.05) is 30.3 Å². The number of hydrogen-bond acceptors (Lipinski definition) is 3. The fraction of sp³-hybridized carbons (Fsp3) is 0.545. The summed E-state index contributed by atoms with van der Waals surface area (Å²) >= 11 is 3.61. The van der Waals surface area contributed by atoms with Crippen molar-refractivity contribution in [3.63, 3.8) is 0 Å². The van der Waals surface area contributed by atoms with Gasteiger partial charge in [-0.2, -0.15) is 0 Å². The molecular formula is C33H47ClO3Sn. The van der Waals surface area contributed by atoms with Crippen LogP contribution in [0.1, 0.15) is 95.5 Å². The predicted octanol–water partition coefficient (Wildman–Crippen LogP) is 10.0. The second-order valence-electron chi connectivity index (χ2n) is 11.0. The third-order valence-electron chi connectivity index (χ3n) is 8.07. The molecule has 2 aromatic carbocycles. The molecule has 1 heterocycles. The first-order chi connectivity index (χ1) is 18.4. The zero-order chi connectivity index (χ0) is 27.4. The molecule has 3 atom stereocenters. The van der Waals surface area contributed by atoms with E-state index in [0.29, 0.717) is 11.4 Å². The first-order valence-corrected chi connectivity index (χ1v) is 22.8. The van der Waals surface area contributed by atoms with Crippen molar-refractivity contribution in [1.82, 2.24) is 0 Å². The Bertz CT molecular complexity index is 983. The van der Waals surface area contributed by atoms with E-state index in [2.05, 4.69) is 49.1 Å². The molecule has 1 aliphatic rings. The van der Waals surface area contributed by atoms with Gasteiger partial charge in [0.05, 0.1) is 0 Å². The number of benzene rings is 2. The van der Waals surface area contributed by atoms with Crippen molar-refractivity contribution in [2.45, 2.75) is 97.7 Å². The summed E-state index contributed by atoms with van der Waals surface area (Å²) in [5, 5.41) is 0.679. The van der Waals surface area contributed by atoms with Crippen LogP contribution in [0.5, 0.6) is 0 Å². The molecule has 0 aliphatic carbocycles. The van der Waals surface area contributed by atoms with Gasteiger partial charge < -0.3 is 0 Å². The second kappa shape index (κ2) is 16.1. The molecule has 0 bridgehead atoms. The van der Waals surface area contributed by atoms with Crippen LogP contribution < -0.4 is 0 Å². The Kier molecular flexibility index (Phi) is 13.2. The minimum atomic E-state index is -2.61. The summed E-state index contributed by atoms with van der Waals surface area (Å²) in [5.74, 6) is -0.574. The molecule has 5 heteroatoms. The average Bonchev–Trinajstić information content (AvgIpc) is 3.14. The van der Waals surface area contributed by atoms with Crippen LogP contribution in [-0.4, -0.2) is 31.5 Å². The Balaban J connectivity index is 2.11. The van der Waals surface area contributed by atoms with E-state index in [4.69, 9.17) is 21.1 Å². The summed E-state index contributed by atoms with van der Waals surface area (Å²) in [4.78, 5) is 13.3. The molecule has 3 rings (SSSR count). The number of carbonyl (C=O) groups is 1. The first-order valence-electron chi connectivity index (χ1n) is 14.7. The number of esters is 1. The molecule has 0 N–H and O–H groups in total. The van der Waals surface area contributed by atoms with E-state index < -0.39 is 18.4 Å². The van der Waals surface area contributed by atoms with Gasteiger partial charge in [0, 0.05) is 0 Å². The summed E-state index contributed by atoms with van der Waals surface area (Å²) in [6.45, 7) is 6.95. The molecule has 3 unspecified atom stereocenters. The van der Waals surface area contributed by atoms with E-state index in [-0.39, 0.29) is 24.1 Å². The van der Waals surface area contributed by atoms with Crippen LogP contribution in [0.4, 0.5) is 0 Å². The van der Waals surface area contributed by atoms with Gasteiger partial charge in [-0.05, 0) is 0 Å². The Morgan fingerprint density at radius 1 is 0.895 bits per heavy atom. The quantitative estimate of drug-likeness (QED) is 0.161. The van der Waals surface area contributed by atoms with E-state index >= 15 is 0 Å². The molecule has 1 saturated heterocycles. The van der Waals surface area contributed by atoms with Crippen molar-refractivity contribution in [1.29, 1.82) is 0 Å². The first kappa shape index (κ1) is 31.2. The predicted molar refractivity (Wildman–Crippen MR) is 162 cm³/mol. The number of hydrogen-bond donors (Lipinski definition) is 0. The van der Waals surface area contributed by atoms with Gasteiger partial charge in [-0.3, -0.25) is 0 Å². The zero-order valence-corrected chi connectivity index (χ0v) is 27.5. The van der Waals surface area contributed by atoms with Crippen molar-refractivity contribution < 1.29 is 14.3 Å². The van der Waals surface area contributed by atoms with Crippen LogP contribution in [0.25, 0.3) is 0 Å². The fourth-order valence-corrected chi connectivity index (χ4v) is 21.6. The summed E-state index contributed by atoms with van der Waals surface area (Å²) < 4.78 is 19.3. The van der Waals surface area contributed by atoms with Gasteiger partial charge in [0.25, 0.3) is 0 Å². The van der Waals surface area contributed by atoms with E-state index in [1.54, 1.807) is 0 Å². The van der Waals surface area contributed by atoms with Crippen molar-refractivity contribution in [2.75, 3.05) is 7.11 Å². The SMILES string of the molecule is CCC[CH2][Sn](/[CH]=C1\CC(c2ccccc2)OC(c2ccc(Cl)cc2)C(C(=O)OC)C1)([CH2]CCC)[CH2]CCC. The van der Waals surface area contributed by atoms with Crippen molar-refractivity contribution >= 4 is 35.9 Å². The van der Waals surface area contributed by atoms with Crippen LogP contribution in [-0.2, 0) is 14.3 Å². The summed E-state index contributed by atoms with van der Waals surface area (Å²) in [6.07, 6.45) is 8.75. The van der Waals surface area contributed by atoms with Crippen LogP contribution in [0.15, 0.2) is 64.3 Å². The van der Waals surface area contributed by atoms with E-state index in [1.165, 1.54) is 70.1 Å². The van der Waals surface area contributed by atoms with Gasteiger partial charge in [-0.25, -0.2) is 0 Å². The molecule has 3 nitrogen and oxygen atoms in total. The molecule has 0 saturated carbocycles. The number of ether oxygens (including phenoxy) is 2. The van der Waals surface area contributed by atoms with Gasteiger partial charge in [0.2, 0.25) is 0 Å². The van der Waals surface area contributed by atoms with Gasteiger partial charge in [0.1, 0.15) is 0 Å². The molecule has 1 aliphatic heterocycles. The maximum atomic E-state index is 13.3. The number of halogens is 1. The second-order valence-corrected chi connectivity index (χ2v) is 24.3. The summed E-state index contributed by atoms with van der Waals surface area (Å²) in [6, 6.07) is 18.3. The van der Waals surface area contributed by atoms with Crippen molar-refractivity contribution in [3.8, 4) is 0 Å². The molecular weight excluding hydrogens is 599 g/mol. The third kappa shape index (κ3) is 8.86. The Labute approximate surface area is 240 Å². The van der Waals surface area contributed by atoms with Gasteiger partial charge in [0.15, 0.2) is 0 Å². The van der Waals surface area contributed by atoms with Crippen LogP contribution in [0, 0.1) is 5.92 Å². The normalized spacial score (nSPS) is 21.3. The van der Waals surface area contributed by atoms with Crippen LogP contribution in [0.3, 0.4) is 0 Å². The molecule has 38 heavy (non-hydrogen) atoms. The van der Waals surface area contributed by atoms with Gasteiger partial charge >= 0.3 is 241 Å². The number of methoxy groups -OCH3 is 1. The van der Waals surface area contributed by atoms with E-state index in [0.717, 1.165) is 12.0 Å². The molecule has 0 spiro atoms. The fourth-order valence-electron chi connectivity index (χ4n) is 5.95. The average molecular weight is 646 g/mol. The number of rotatable bonds is 13. The Morgan fingerprint density at radius 3 is 2.00 bits per heavy atom. The topological polar surface area (TPSA) is 35.5 Å². The zero-order valence-electron chi connectivity index (χ0n) is 23.9. The van der Waals surface area contributed by atoms with Crippen molar-refractivity contribution in [2.24, 2.45) is 5.92 Å². The summed E-state index contributed by atoms with van der Waals surface area (Å²) in [5.41, 5.74) is 3.56. The summed E-state index contributed by atoms with van der Waals surface area (Å²) in [7, 11) is 1.50. The Hall–Kier alpha value is -1.30. The monoisotopic (exact) mass is 646 g/mol. The molecule has 0 radical (unpaired) electrons. The van der Waals surface area contributed by atoms with Crippen LogP contribution in [0.2, 0.25) is 18.3 Å². The Morgan fingerprint density at radius 2 is 1.47 bits per heavy atom. The number of unbranched alkanes of at least 4 members (excludes halogenated alkanes) is 3. The molecule has 0 amide bonds. The minimum absolute atomic E-state index is 0.106. The molecule has 0 aromatic heterocycles. The molecule has 1 fully saturated rings. The third-order valence-corrected chi connectivity index (χ3v) is 22.8. The maximum absolute atomic E-state index is 13.3. The van der Waals surface area contributed by atoms with Crippen molar-refractivity contribution in [3.05, 3.63) is 80.4 Å². The molecule has 208 valence electrons. The standard InChI is InChI=1S/C21H20ClO3.3C4H9.Sn/c1-14-12-18(21(23)24-2)20(16-8-10-17(22)11-9-16)25-19(13-14)15-6-4-3-5-7-15;3*1-3-4-2;/h1,3-11,18-20H,12-13H2,2H3;3*1,3-4H2,2H3;. The van der Waals surface area contributed by atoms with Crippen LogP contribution >= 0.6 is 11.6 Å². The van der Waals surface area contributed by atoms with E-state index in [9.17, 15) is 4.79 Å². The molecule has 2 aromatic rings. The van der Waals surface area contributed by atoms with Gasteiger partial charge in [-0.1, -0.05) is 0 Å².